The standard InChI is InChI=1S/C25H32FN5O3S/c1-18(2)27-25(33)30(10-9-29-11-13-34-14-12-29)17-24(32)31-22(19-5-7-20(26)8-6-19)16-21(28-31)23-4-3-15-35-23/h3-8,15,18,22H,9-14,16-17H2,1-2H3,(H,27,33)/t22-/m1/s1. The normalized spacial score (nSPS) is 18.6. The van der Waals surface area contributed by atoms with Crippen LogP contribution in [0.1, 0.15) is 36.8 Å². The molecule has 1 fully saturated rings. The Bertz CT molecular complexity index is 1020. The number of thiophene rings is 1. The molecule has 2 aliphatic rings. The monoisotopic (exact) mass is 501 g/mol. The smallest absolute Gasteiger partial charge is 0.318 e. The van der Waals surface area contributed by atoms with Crippen molar-refractivity contribution in [2.24, 2.45) is 5.10 Å². The lowest BCUT2D eigenvalue weighted by atomic mass is 10.0. The van der Waals surface area contributed by atoms with Crippen molar-refractivity contribution in [2.45, 2.75) is 32.4 Å². The molecule has 10 heteroatoms. The van der Waals surface area contributed by atoms with Crippen LogP contribution in [0.4, 0.5) is 9.18 Å². The quantitative estimate of drug-likeness (QED) is 0.602. The fourth-order valence-corrected chi connectivity index (χ4v) is 4.91. The number of carbonyl (C=O) groups excluding carboxylic acids is 2. The molecule has 1 aromatic carbocycles. The maximum Gasteiger partial charge on any atom is 0.318 e. The largest absolute Gasteiger partial charge is 0.379 e. The van der Waals surface area contributed by atoms with E-state index in [1.54, 1.807) is 28.4 Å². The number of hydrazone groups is 1. The maximum atomic E-state index is 13.6. The molecule has 0 spiro atoms. The van der Waals surface area contributed by atoms with E-state index in [0.29, 0.717) is 32.7 Å². The first-order valence-corrected chi connectivity index (χ1v) is 12.8. The van der Waals surface area contributed by atoms with Crippen LogP contribution in [0.5, 0.6) is 0 Å². The zero-order valence-electron chi connectivity index (χ0n) is 20.2. The minimum atomic E-state index is -0.352. The number of rotatable bonds is 8. The number of urea groups is 1. The van der Waals surface area contributed by atoms with Crippen LogP contribution in [0, 0.1) is 5.82 Å². The average Bonchev–Trinajstić information content (AvgIpc) is 3.52. The Balaban J connectivity index is 1.52. The molecule has 3 amide bonds. The van der Waals surface area contributed by atoms with Crippen molar-refractivity contribution in [3.63, 3.8) is 0 Å². The zero-order chi connectivity index (χ0) is 24.8. The van der Waals surface area contributed by atoms with E-state index in [2.05, 4.69) is 15.3 Å². The van der Waals surface area contributed by atoms with Crippen LogP contribution in [-0.4, -0.2) is 84.4 Å². The molecule has 2 aromatic rings. The van der Waals surface area contributed by atoms with E-state index < -0.39 is 0 Å². The number of hydrogen-bond donors (Lipinski definition) is 1. The summed E-state index contributed by atoms with van der Waals surface area (Å²) in [4.78, 5) is 31.3. The van der Waals surface area contributed by atoms with Crippen molar-refractivity contribution in [3.8, 4) is 0 Å². The van der Waals surface area contributed by atoms with Crippen molar-refractivity contribution in [2.75, 3.05) is 45.9 Å². The van der Waals surface area contributed by atoms with Crippen molar-refractivity contribution >= 4 is 29.0 Å². The van der Waals surface area contributed by atoms with Gasteiger partial charge in [0.05, 0.1) is 29.8 Å². The van der Waals surface area contributed by atoms with E-state index in [1.165, 1.54) is 17.1 Å². The summed E-state index contributed by atoms with van der Waals surface area (Å²) >= 11 is 1.56. The average molecular weight is 502 g/mol. The predicted molar refractivity (Wildman–Crippen MR) is 134 cm³/mol. The highest BCUT2D eigenvalue weighted by molar-refractivity contribution is 7.12. The lowest BCUT2D eigenvalue weighted by Gasteiger charge is -2.31. The van der Waals surface area contributed by atoms with Crippen LogP contribution in [0.3, 0.4) is 0 Å². The first kappa shape index (κ1) is 25.3. The molecule has 8 nitrogen and oxygen atoms in total. The Morgan fingerprint density at radius 2 is 1.97 bits per heavy atom. The highest BCUT2D eigenvalue weighted by atomic mass is 32.1. The van der Waals surface area contributed by atoms with Gasteiger partial charge >= 0.3 is 6.03 Å². The van der Waals surface area contributed by atoms with E-state index in [-0.39, 0.29) is 36.4 Å². The predicted octanol–water partition coefficient (Wildman–Crippen LogP) is 3.32. The van der Waals surface area contributed by atoms with E-state index in [4.69, 9.17) is 4.74 Å². The fraction of sp³-hybridized carbons (Fsp3) is 0.480. The molecule has 1 N–H and O–H groups in total. The molecule has 35 heavy (non-hydrogen) atoms. The molecule has 2 aliphatic heterocycles. The molecule has 0 radical (unpaired) electrons. The number of nitrogens with one attached hydrogen (secondary N) is 1. The molecule has 1 aromatic heterocycles. The molecule has 1 saturated heterocycles. The minimum Gasteiger partial charge on any atom is -0.379 e. The molecular weight excluding hydrogens is 469 g/mol. The lowest BCUT2D eigenvalue weighted by Crippen LogP contribution is -2.50. The van der Waals surface area contributed by atoms with Crippen LogP contribution in [0.15, 0.2) is 46.9 Å². The van der Waals surface area contributed by atoms with E-state index in [9.17, 15) is 14.0 Å². The van der Waals surface area contributed by atoms with Crippen LogP contribution in [0.2, 0.25) is 0 Å². The summed E-state index contributed by atoms with van der Waals surface area (Å²) < 4.78 is 19.0. The Hall–Kier alpha value is -2.82. The first-order chi connectivity index (χ1) is 16.9. The van der Waals surface area contributed by atoms with Crippen LogP contribution < -0.4 is 5.32 Å². The van der Waals surface area contributed by atoms with Crippen molar-refractivity contribution in [3.05, 3.63) is 58.0 Å². The summed E-state index contributed by atoms with van der Waals surface area (Å²) in [6.07, 6.45) is 0.532. The third-order valence-electron chi connectivity index (χ3n) is 6.04. The minimum absolute atomic E-state index is 0.0503. The SMILES string of the molecule is CC(C)NC(=O)N(CCN1CCOCC1)CC(=O)N1N=C(c2cccs2)C[C@@H]1c1ccc(F)cc1. The lowest BCUT2D eigenvalue weighted by molar-refractivity contribution is -0.133. The number of morpholine rings is 1. The van der Waals surface area contributed by atoms with Crippen molar-refractivity contribution in [1.82, 2.24) is 20.1 Å². The van der Waals surface area contributed by atoms with Gasteiger partial charge in [0.2, 0.25) is 0 Å². The van der Waals surface area contributed by atoms with Gasteiger partial charge < -0.3 is 15.0 Å². The zero-order valence-corrected chi connectivity index (χ0v) is 21.0. The number of halogens is 1. The Kier molecular flexibility index (Phi) is 8.48. The third-order valence-corrected chi connectivity index (χ3v) is 6.96. The Morgan fingerprint density at radius 3 is 2.63 bits per heavy atom. The second-order valence-corrected chi connectivity index (χ2v) is 9.96. The van der Waals surface area contributed by atoms with Gasteiger partial charge in [0.15, 0.2) is 0 Å². The number of amides is 3. The second-order valence-electron chi connectivity index (χ2n) is 9.01. The first-order valence-electron chi connectivity index (χ1n) is 11.9. The molecule has 1 atom stereocenters. The van der Waals surface area contributed by atoms with Gasteiger partial charge in [-0.15, -0.1) is 11.3 Å². The number of ether oxygens (including phenoxy) is 1. The summed E-state index contributed by atoms with van der Waals surface area (Å²) in [7, 11) is 0. The van der Waals surface area contributed by atoms with Gasteiger partial charge in [0, 0.05) is 38.6 Å². The van der Waals surface area contributed by atoms with E-state index in [1.807, 2.05) is 31.4 Å². The third kappa shape index (κ3) is 6.65. The molecule has 3 heterocycles. The highest BCUT2D eigenvalue weighted by Crippen LogP contribution is 2.34. The second kappa shape index (κ2) is 11.7. The molecule has 0 aliphatic carbocycles. The molecule has 0 saturated carbocycles. The molecular formula is C25H32FN5O3S. The number of benzene rings is 1. The molecule has 0 unspecified atom stereocenters. The Morgan fingerprint density at radius 1 is 1.23 bits per heavy atom. The fourth-order valence-electron chi connectivity index (χ4n) is 4.19. The topological polar surface area (TPSA) is 77.5 Å². The number of hydrogen-bond acceptors (Lipinski definition) is 6. The van der Waals surface area contributed by atoms with Crippen molar-refractivity contribution < 1.29 is 18.7 Å². The van der Waals surface area contributed by atoms with E-state index in [0.717, 1.165) is 29.2 Å². The summed E-state index contributed by atoms with van der Waals surface area (Å²) in [5, 5.41) is 11.0. The van der Waals surface area contributed by atoms with Crippen molar-refractivity contribution in [1.29, 1.82) is 0 Å². The molecule has 4 rings (SSSR count). The van der Waals surface area contributed by atoms with Crippen LogP contribution in [-0.2, 0) is 9.53 Å². The molecule has 0 bridgehead atoms. The van der Waals surface area contributed by atoms with Gasteiger partial charge in [0.25, 0.3) is 5.91 Å². The Labute approximate surface area is 209 Å². The highest BCUT2D eigenvalue weighted by Gasteiger charge is 2.35. The number of nitrogens with zero attached hydrogens (tertiary/aromatic N) is 4. The summed E-state index contributed by atoms with van der Waals surface area (Å²) in [6.45, 7) is 7.72. The van der Waals surface area contributed by atoms with Crippen LogP contribution in [0.25, 0.3) is 0 Å². The summed E-state index contributed by atoms with van der Waals surface area (Å²) in [5.41, 5.74) is 1.62. The van der Waals surface area contributed by atoms with Gasteiger partial charge in [-0.05, 0) is 43.0 Å². The van der Waals surface area contributed by atoms with Gasteiger partial charge in [-0.1, -0.05) is 18.2 Å². The summed E-state index contributed by atoms with van der Waals surface area (Å²) in [6, 6.07) is 9.41. The number of carbonyl (C=O) groups is 2. The van der Waals surface area contributed by atoms with Crippen LogP contribution >= 0.6 is 11.3 Å². The maximum absolute atomic E-state index is 13.6. The van der Waals surface area contributed by atoms with Gasteiger partial charge in [0.1, 0.15) is 12.4 Å². The molecule has 188 valence electrons. The summed E-state index contributed by atoms with van der Waals surface area (Å²) in [5.74, 6) is -0.601. The van der Waals surface area contributed by atoms with E-state index >= 15 is 0 Å². The van der Waals surface area contributed by atoms with Gasteiger partial charge in [-0.3, -0.25) is 9.69 Å². The van der Waals surface area contributed by atoms with Gasteiger partial charge in [-0.2, -0.15) is 5.10 Å². The van der Waals surface area contributed by atoms with Gasteiger partial charge in [-0.25, -0.2) is 14.2 Å².